The van der Waals surface area contributed by atoms with E-state index in [0.29, 0.717) is 16.9 Å². The van der Waals surface area contributed by atoms with Crippen LogP contribution in [0.1, 0.15) is 33.9 Å². The van der Waals surface area contributed by atoms with Crippen molar-refractivity contribution in [3.63, 3.8) is 0 Å². The van der Waals surface area contributed by atoms with Gasteiger partial charge in [0.1, 0.15) is 12.4 Å². The van der Waals surface area contributed by atoms with Crippen molar-refractivity contribution in [3.8, 4) is 16.9 Å². The number of carboxylic acid groups (broad SMARTS) is 1. The highest BCUT2D eigenvalue weighted by Gasteiger charge is 2.30. The van der Waals surface area contributed by atoms with E-state index in [-0.39, 0.29) is 31.5 Å². The smallest absolute Gasteiger partial charge is 0.416 e. The Kier molecular flexibility index (Phi) is 9.06. The van der Waals surface area contributed by atoms with Crippen LogP contribution in [0, 0.1) is 0 Å². The van der Waals surface area contributed by atoms with E-state index in [1.165, 1.54) is 12.1 Å². The zero-order valence-corrected chi connectivity index (χ0v) is 21.3. The first-order valence-electron chi connectivity index (χ1n) is 12.5. The molecular formula is C31H27F3N2O4. The highest BCUT2D eigenvalue weighted by molar-refractivity contribution is 5.94. The molecule has 6 nitrogen and oxygen atoms in total. The van der Waals surface area contributed by atoms with E-state index in [0.717, 1.165) is 28.9 Å². The monoisotopic (exact) mass is 548 g/mol. The lowest BCUT2D eigenvalue weighted by atomic mass is 10.0. The van der Waals surface area contributed by atoms with Gasteiger partial charge in [-0.2, -0.15) is 13.2 Å². The first-order valence-corrected chi connectivity index (χ1v) is 12.5. The number of carboxylic acids is 1. The van der Waals surface area contributed by atoms with Crippen LogP contribution in [0.5, 0.6) is 5.75 Å². The number of ether oxygens (including phenoxy) is 1. The SMILES string of the molecule is O=C(O)CCNC(=O)c1ccc(NC(COc2ccc(-c3ccc(C(F)(F)F)cc3)cc2)c2ccccc2)cc1. The summed E-state index contributed by atoms with van der Waals surface area (Å²) in [6.07, 6.45) is -4.53. The molecule has 0 spiro atoms. The fourth-order valence-corrected chi connectivity index (χ4v) is 3.99. The Balaban J connectivity index is 1.40. The summed E-state index contributed by atoms with van der Waals surface area (Å²) in [4.78, 5) is 22.9. The third kappa shape index (κ3) is 7.86. The van der Waals surface area contributed by atoms with Crippen LogP contribution in [0.3, 0.4) is 0 Å². The van der Waals surface area contributed by atoms with Crippen LogP contribution >= 0.6 is 0 Å². The molecule has 4 aromatic carbocycles. The summed E-state index contributed by atoms with van der Waals surface area (Å²) in [5.74, 6) is -0.730. The van der Waals surface area contributed by atoms with E-state index in [1.54, 1.807) is 48.5 Å². The number of hydrogen-bond acceptors (Lipinski definition) is 4. The van der Waals surface area contributed by atoms with Crippen LogP contribution < -0.4 is 15.4 Å². The van der Waals surface area contributed by atoms with Crippen molar-refractivity contribution in [2.24, 2.45) is 0 Å². The minimum atomic E-state index is -4.38. The van der Waals surface area contributed by atoms with Crippen molar-refractivity contribution in [1.82, 2.24) is 5.32 Å². The van der Waals surface area contributed by atoms with E-state index < -0.39 is 17.7 Å². The van der Waals surface area contributed by atoms with Gasteiger partial charge in [-0.3, -0.25) is 9.59 Å². The first-order chi connectivity index (χ1) is 19.2. The topological polar surface area (TPSA) is 87.7 Å². The number of benzene rings is 4. The lowest BCUT2D eigenvalue weighted by molar-refractivity contribution is -0.138. The number of carbonyl (C=O) groups excluding carboxylic acids is 1. The third-order valence-corrected chi connectivity index (χ3v) is 6.13. The van der Waals surface area contributed by atoms with Crippen LogP contribution in [-0.2, 0) is 11.0 Å². The molecule has 0 aromatic heterocycles. The van der Waals surface area contributed by atoms with Gasteiger partial charge in [-0.1, -0.05) is 54.6 Å². The Bertz CT molecular complexity index is 1410. The normalized spacial score (nSPS) is 11.9. The Morgan fingerprint density at radius 1 is 0.800 bits per heavy atom. The molecule has 0 heterocycles. The quantitative estimate of drug-likeness (QED) is 0.192. The van der Waals surface area contributed by atoms with Gasteiger partial charge in [0.2, 0.25) is 0 Å². The summed E-state index contributed by atoms with van der Waals surface area (Å²) < 4.78 is 44.6. The first kappa shape index (κ1) is 28.2. The van der Waals surface area contributed by atoms with Crippen LogP contribution in [0.4, 0.5) is 18.9 Å². The number of alkyl halides is 3. The predicted octanol–water partition coefficient (Wildman–Crippen LogP) is 6.81. The van der Waals surface area contributed by atoms with Gasteiger partial charge in [0.15, 0.2) is 0 Å². The molecule has 9 heteroatoms. The largest absolute Gasteiger partial charge is 0.491 e. The molecule has 0 saturated heterocycles. The van der Waals surface area contributed by atoms with Gasteiger partial charge >= 0.3 is 12.1 Å². The second-order valence-electron chi connectivity index (χ2n) is 9.00. The molecule has 1 atom stereocenters. The Morgan fingerprint density at radius 2 is 1.40 bits per heavy atom. The van der Waals surface area contributed by atoms with E-state index >= 15 is 0 Å². The maximum absolute atomic E-state index is 12.8. The molecule has 0 radical (unpaired) electrons. The van der Waals surface area contributed by atoms with Gasteiger partial charge in [-0.15, -0.1) is 0 Å². The number of aliphatic carboxylic acids is 1. The molecule has 4 rings (SSSR count). The molecule has 0 saturated carbocycles. The van der Waals surface area contributed by atoms with E-state index in [2.05, 4.69) is 10.6 Å². The molecule has 1 unspecified atom stereocenters. The summed E-state index contributed by atoms with van der Waals surface area (Å²) in [6, 6.07) is 28.5. The maximum Gasteiger partial charge on any atom is 0.416 e. The summed E-state index contributed by atoms with van der Waals surface area (Å²) in [5.41, 5.74) is 2.91. The van der Waals surface area contributed by atoms with Crippen molar-refractivity contribution in [3.05, 3.63) is 120 Å². The van der Waals surface area contributed by atoms with Crippen LogP contribution in [0.25, 0.3) is 11.1 Å². The fourth-order valence-electron chi connectivity index (χ4n) is 3.99. The zero-order valence-electron chi connectivity index (χ0n) is 21.3. The van der Waals surface area contributed by atoms with Crippen molar-refractivity contribution in [2.75, 3.05) is 18.5 Å². The molecule has 40 heavy (non-hydrogen) atoms. The third-order valence-electron chi connectivity index (χ3n) is 6.13. The van der Waals surface area contributed by atoms with Crippen LogP contribution in [-0.4, -0.2) is 30.1 Å². The molecule has 0 bridgehead atoms. The van der Waals surface area contributed by atoms with Crippen molar-refractivity contribution >= 4 is 17.6 Å². The highest BCUT2D eigenvalue weighted by Crippen LogP contribution is 2.31. The van der Waals surface area contributed by atoms with Gasteiger partial charge in [0, 0.05) is 17.8 Å². The van der Waals surface area contributed by atoms with Gasteiger partial charge in [0.05, 0.1) is 18.0 Å². The summed E-state index contributed by atoms with van der Waals surface area (Å²) in [5, 5.41) is 14.7. The number of halogens is 3. The summed E-state index contributed by atoms with van der Waals surface area (Å²) in [6.45, 7) is 0.327. The molecule has 3 N–H and O–H groups in total. The molecule has 4 aromatic rings. The average molecular weight is 549 g/mol. The van der Waals surface area contributed by atoms with E-state index in [1.807, 2.05) is 30.3 Å². The number of carbonyl (C=O) groups is 2. The second-order valence-corrected chi connectivity index (χ2v) is 9.00. The molecule has 0 aliphatic rings. The highest BCUT2D eigenvalue weighted by atomic mass is 19.4. The van der Waals surface area contributed by atoms with E-state index in [4.69, 9.17) is 9.84 Å². The lowest BCUT2D eigenvalue weighted by Crippen LogP contribution is -2.26. The van der Waals surface area contributed by atoms with Crippen LogP contribution in [0.15, 0.2) is 103 Å². The van der Waals surface area contributed by atoms with Gasteiger partial charge in [-0.25, -0.2) is 0 Å². The molecular weight excluding hydrogens is 521 g/mol. The second kappa shape index (κ2) is 12.8. The van der Waals surface area contributed by atoms with Gasteiger partial charge in [0.25, 0.3) is 5.91 Å². The van der Waals surface area contributed by atoms with Crippen molar-refractivity contribution in [2.45, 2.75) is 18.6 Å². The number of nitrogens with one attached hydrogen (secondary N) is 2. The number of rotatable bonds is 11. The Labute approximate surface area is 229 Å². The van der Waals surface area contributed by atoms with E-state index in [9.17, 15) is 22.8 Å². The van der Waals surface area contributed by atoms with Crippen molar-refractivity contribution < 1.29 is 32.6 Å². The molecule has 206 valence electrons. The van der Waals surface area contributed by atoms with Gasteiger partial charge < -0.3 is 20.5 Å². The van der Waals surface area contributed by atoms with Gasteiger partial charge in [-0.05, 0) is 65.2 Å². The number of anilines is 1. The van der Waals surface area contributed by atoms with Crippen molar-refractivity contribution in [1.29, 1.82) is 0 Å². The predicted molar refractivity (Wildman–Crippen MR) is 146 cm³/mol. The Hall–Kier alpha value is -4.79. The Morgan fingerprint density at radius 3 is 1.98 bits per heavy atom. The minimum absolute atomic E-state index is 0.0485. The molecule has 0 aliphatic carbocycles. The number of hydrogen-bond donors (Lipinski definition) is 3. The zero-order chi connectivity index (χ0) is 28.5. The average Bonchev–Trinajstić information content (AvgIpc) is 2.95. The minimum Gasteiger partial charge on any atom is -0.491 e. The standard InChI is InChI=1S/C31H27F3N2O4/c32-31(33,34)25-12-6-21(7-13-25)22-10-16-27(17-11-22)40-20-28(23-4-2-1-3-5-23)36-26-14-8-24(9-15-26)30(39)35-19-18-29(37)38/h1-17,28,36H,18-20H2,(H,35,39)(H,37,38). The summed E-state index contributed by atoms with van der Waals surface area (Å²) >= 11 is 0. The fraction of sp³-hybridized carbons (Fsp3) is 0.161. The molecule has 0 aliphatic heterocycles. The number of amides is 1. The van der Waals surface area contributed by atoms with Crippen LogP contribution in [0.2, 0.25) is 0 Å². The molecule has 0 fully saturated rings. The molecule has 1 amide bonds. The maximum atomic E-state index is 12.8. The summed E-state index contributed by atoms with van der Waals surface area (Å²) in [7, 11) is 0. The lowest BCUT2D eigenvalue weighted by Gasteiger charge is -2.21.